The molecule has 0 aliphatic carbocycles. The Balaban J connectivity index is 1.35. The average molecular weight is 433 g/mol. The molecule has 1 N–H and O–H groups in total. The zero-order chi connectivity index (χ0) is 22.1. The maximum absolute atomic E-state index is 15.1. The molecule has 1 fully saturated rings. The lowest BCUT2D eigenvalue weighted by atomic mass is 9.89. The Morgan fingerprint density at radius 1 is 1.09 bits per heavy atom. The zero-order valence-electron chi connectivity index (χ0n) is 17.5. The van der Waals surface area contributed by atoms with Crippen molar-refractivity contribution in [2.75, 3.05) is 13.1 Å². The Hall–Kier alpha value is -3.36. The number of benzene rings is 2. The van der Waals surface area contributed by atoms with E-state index in [0.717, 1.165) is 11.3 Å². The predicted molar refractivity (Wildman–Crippen MR) is 119 cm³/mol. The third-order valence-corrected chi connectivity index (χ3v) is 6.11. The molecule has 0 spiro atoms. The van der Waals surface area contributed by atoms with Gasteiger partial charge in [0.25, 0.3) is 5.56 Å². The van der Waals surface area contributed by atoms with Crippen molar-refractivity contribution in [3.8, 4) is 5.69 Å². The largest absolute Gasteiger partial charge is 0.385 e. The molecule has 164 valence electrons. The summed E-state index contributed by atoms with van der Waals surface area (Å²) < 4.78 is 18.0. The van der Waals surface area contributed by atoms with Crippen molar-refractivity contribution >= 4 is 11.0 Å². The fourth-order valence-corrected chi connectivity index (χ4v) is 4.27. The van der Waals surface area contributed by atoms with Crippen molar-refractivity contribution in [3.05, 3.63) is 89.1 Å². The first-order chi connectivity index (χ1) is 15.5. The summed E-state index contributed by atoms with van der Waals surface area (Å²) in [4.78, 5) is 19.4. The van der Waals surface area contributed by atoms with Crippen LogP contribution in [0.25, 0.3) is 16.7 Å². The summed E-state index contributed by atoms with van der Waals surface area (Å²) in [6.07, 6.45) is 1.59. The van der Waals surface area contributed by atoms with E-state index in [1.54, 1.807) is 4.68 Å². The topological polar surface area (TPSA) is 76.2 Å². The highest BCUT2D eigenvalue weighted by Crippen LogP contribution is 2.28. The van der Waals surface area contributed by atoms with Crippen LogP contribution in [-0.2, 0) is 13.1 Å². The average Bonchev–Trinajstić information content (AvgIpc) is 3.25. The highest BCUT2D eigenvalue weighted by Gasteiger charge is 2.42. The number of alkyl halides is 1. The molecule has 0 amide bonds. The normalized spacial score (nSPS) is 21.8. The number of fused-ring (bicyclic) bond motifs is 1. The number of likely N-dealkylation sites (tertiary alicyclic amines) is 1. The number of aromatic nitrogens is 4. The number of nitrogens with zero attached hydrogens (tertiary/aromatic N) is 5. The number of aliphatic hydroxyl groups is 1. The van der Waals surface area contributed by atoms with Gasteiger partial charge in [-0.05, 0) is 24.1 Å². The van der Waals surface area contributed by atoms with Crippen molar-refractivity contribution in [2.45, 2.75) is 31.3 Å². The second-order valence-corrected chi connectivity index (χ2v) is 8.35. The Kier molecular flexibility index (Phi) is 5.32. The first-order valence-corrected chi connectivity index (χ1v) is 10.6. The minimum Gasteiger partial charge on any atom is -0.385 e. The predicted octanol–water partition coefficient (Wildman–Crippen LogP) is 2.56. The summed E-state index contributed by atoms with van der Waals surface area (Å²) in [5.41, 5.74) is 0.359. The van der Waals surface area contributed by atoms with Crippen LogP contribution in [0.2, 0.25) is 0 Å². The van der Waals surface area contributed by atoms with Crippen LogP contribution >= 0.6 is 0 Å². The Labute approximate surface area is 184 Å². The fraction of sp³-hybridized carbons (Fsp3) is 0.292. The Bertz CT molecular complexity index is 1270. The molecule has 0 bridgehead atoms. The van der Waals surface area contributed by atoms with Gasteiger partial charge in [-0.3, -0.25) is 14.3 Å². The third kappa shape index (κ3) is 3.83. The molecule has 8 heteroatoms. The zero-order valence-corrected chi connectivity index (χ0v) is 17.5. The van der Waals surface area contributed by atoms with Crippen LogP contribution in [0.5, 0.6) is 0 Å². The van der Waals surface area contributed by atoms with Gasteiger partial charge in [0.1, 0.15) is 23.5 Å². The number of hydrogen-bond donors (Lipinski definition) is 1. The van der Waals surface area contributed by atoms with Crippen molar-refractivity contribution in [3.63, 3.8) is 0 Å². The third-order valence-electron chi connectivity index (χ3n) is 6.11. The lowest BCUT2D eigenvalue weighted by molar-refractivity contribution is -0.0966. The van der Waals surface area contributed by atoms with Crippen LogP contribution < -0.4 is 5.56 Å². The molecule has 4 aromatic rings. The van der Waals surface area contributed by atoms with Gasteiger partial charge >= 0.3 is 0 Å². The summed E-state index contributed by atoms with van der Waals surface area (Å²) in [5.74, 6) is 0. The molecule has 2 atom stereocenters. The van der Waals surface area contributed by atoms with Crippen molar-refractivity contribution in [1.82, 2.24) is 24.2 Å². The molecular formula is C24H24FN5O2. The molecular weight excluding hydrogens is 409 g/mol. The van der Waals surface area contributed by atoms with E-state index >= 15 is 4.39 Å². The van der Waals surface area contributed by atoms with Crippen LogP contribution in [0.1, 0.15) is 12.0 Å². The van der Waals surface area contributed by atoms with Gasteiger partial charge in [0, 0.05) is 19.6 Å². The highest BCUT2D eigenvalue weighted by atomic mass is 19.1. The monoisotopic (exact) mass is 433 g/mol. The first kappa shape index (κ1) is 20.5. The van der Waals surface area contributed by atoms with Crippen molar-refractivity contribution in [2.24, 2.45) is 0 Å². The summed E-state index contributed by atoms with van der Waals surface area (Å²) in [6.45, 7) is 1.14. The van der Waals surface area contributed by atoms with E-state index in [9.17, 15) is 9.90 Å². The Morgan fingerprint density at radius 3 is 2.53 bits per heavy atom. The lowest BCUT2D eigenvalue weighted by Crippen LogP contribution is -2.56. The van der Waals surface area contributed by atoms with Gasteiger partial charge in [-0.25, -0.2) is 14.1 Å². The molecule has 0 unspecified atom stereocenters. The summed E-state index contributed by atoms with van der Waals surface area (Å²) in [5, 5.41) is 15.7. The SMILES string of the molecule is O=c1c2cnn(-c3ccccc3)c2ncn1C[C@@]1(O)CCN(Cc2ccccc2)C[C@@H]1F. The summed E-state index contributed by atoms with van der Waals surface area (Å²) in [7, 11) is 0. The van der Waals surface area contributed by atoms with Gasteiger partial charge in [-0.15, -0.1) is 0 Å². The first-order valence-electron chi connectivity index (χ1n) is 10.6. The summed E-state index contributed by atoms with van der Waals surface area (Å²) >= 11 is 0. The van der Waals surface area contributed by atoms with Gasteiger partial charge in [0.15, 0.2) is 5.65 Å². The molecule has 0 saturated carbocycles. The molecule has 3 heterocycles. The molecule has 0 radical (unpaired) electrons. The van der Waals surface area contributed by atoms with E-state index in [1.807, 2.05) is 65.6 Å². The minimum atomic E-state index is -1.62. The number of hydrogen-bond acceptors (Lipinski definition) is 5. The second-order valence-electron chi connectivity index (χ2n) is 8.35. The summed E-state index contributed by atoms with van der Waals surface area (Å²) in [6, 6.07) is 19.3. The maximum atomic E-state index is 15.1. The van der Waals surface area contributed by atoms with Crippen LogP contribution in [0.15, 0.2) is 78.0 Å². The molecule has 7 nitrogen and oxygen atoms in total. The van der Waals surface area contributed by atoms with Crippen molar-refractivity contribution in [1.29, 1.82) is 0 Å². The second kappa shape index (κ2) is 8.29. The highest BCUT2D eigenvalue weighted by molar-refractivity contribution is 5.74. The lowest BCUT2D eigenvalue weighted by Gasteiger charge is -2.41. The van der Waals surface area contributed by atoms with E-state index in [-0.39, 0.29) is 25.1 Å². The van der Waals surface area contributed by atoms with Crippen molar-refractivity contribution < 1.29 is 9.50 Å². The number of piperidine rings is 1. The molecule has 1 aliphatic heterocycles. The smallest absolute Gasteiger partial charge is 0.264 e. The number of halogens is 1. The van der Waals surface area contributed by atoms with E-state index in [0.29, 0.717) is 24.1 Å². The molecule has 1 aliphatic rings. The Morgan fingerprint density at radius 2 is 1.81 bits per heavy atom. The van der Waals surface area contributed by atoms with Gasteiger partial charge in [-0.1, -0.05) is 48.5 Å². The maximum Gasteiger partial charge on any atom is 0.264 e. The molecule has 2 aromatic heterocycles. The molecule has 1 saturated heterocycles. The van der Waals surface area contributed by atoms with Gasteiger partial charge in [-0.2, -0.15) is 5.10 Å². The fourth-order valence-electron chi connectivity index (χ4n) is 4.27. The van der Waals surface area contributed by atoms with Crippen LogP contribution in [0.4, 0.5) is 4.39 Å². The van der Waals surface area contributed by atoms with E-state index in [4.69, 9.17) is 0 Å². The molecule has 32 heavy (non-hydrogen) atoms. The van der Waals surface area contributed by atoms with Gasteiger partial charge in [0.2, 0.25) is 0 Å². The van der Waals surface area contributed by atoms with Crippen LogP contribution in [-0.4, -0.2) is 54.2 Å². The molecule has 2 aromatic carbocycles. The number of para-hydroxylation sites is 1. The number of rotatable bonds is 5. The quantitative estimate of drug-likeness (QED) is 0.524. The minimum absolute atomic E-state index is 0.113. The van der Waals surface area contributed by atoms with Gasteiger partial charge in [0.05, 0.1) is 18.4 Å². The standard InChI is InChI=1S/C24H24FN5O2/c25-21-15-28(14-18-7-3-1-4-8-18)12-11-24(21,32)16-29-17-26-22-20(23(29)31)13-27-30(22)19-9-5-2-6-10-19/h1-10,13,17,21,32H,11-12,14-16H2/t21-,24-/m0/s1. The van der Waals surface area contributed by atoms with E-state index in [2.05, 4.69) is 10.1 Å². The van der Waals surface area contributed by atoms with Gasteiger partial charge < -0.3 is 5.11 Å². The van der Waals surface area contributed by atoms with E-state index in [1.165, 1.54) is 17.1 Å². The van der Waals surface area contributed by atoms with E-state index < -0.39 is 11.8 Å². The van der Waals surface area contributed by atoms with Crippen LogP contribution in [0, 0.1) is 0 Å². The molecule has 5 rings (SSSR count). The van der Waals surface area contributed by atoms with Crippen LogP contribution in [0.3, 0.4) is 0 Å².